The average molecular weight is 1280 g/mol. The zero-order chi connectivity index (χ0) is 66.2. The van der Waals surface area contributed by atoms with Crippen molar-refractivity contribution < 1.29 is 96.9 Å². The summed E-state index contributed by atoms with van der Waals surface area (Å²) in [4.78, 5) is 61.4. The van der Waals surface area contributed by atoms with Crippen LogP contribution in [-0.4, -0.2) is 209 Å². The molecule has 5 aliphatic rings. The second kappa shape index (κ2) is 31.2. The molecule has 0 amide bonds. The molecule has 2 aliphatic carbocycles. The number of rotatable bonds is 24. The van der Waals surface area contributed by atoms with E-state index < -0.39 is 125 Å². The number of hydrogen-bond donors (Lipinski definition) is 5. The fraction of sp³-hybridized carbons (Fsp3) is 0.803. The van der Waals surface area contributed by atoms with Crippen LogP contribution < -0.4 is 10.2 Å². The molecule has 0 spiro atoms. The maximum atomic E-state index is 14.9. The third-order valence-corrected chi connectivity index (χ3v) is 19.0. The number of pyridine rings is 1. The lowest BCUT2D eigenvalue weighted by molar-refractivity contribution is -0.318. The lowest BCUT2D eigenvalue weighted by Gasteiger charge is -2.49. The van der Waals surface area contributed by atoms with E-state index in [-0.39, 0.29) is 88.6 Å². The van der Waals surface area contributed by atoms with E-state index in [1.54, 1.807) is 66.7 Å². The molecule has 3 saturated heterocycles. The number of carboxylic acids is 1. The summed E-state index contributed by atoms with van der Waals surface area (Å²) in [6.07, 6.45) is -3.62. The zero-order valence-electron chi connectivity index (χ0n) is 55.8. The number of benzene rings is 1. The van der Waals surface area contributed by atoms with E-state index in [1.165, 1.54) is 20.2 Å². The maximum absolute atomic E-state index is 14.9. The summed E-state index contributed by atoms with van der Waals surface area (Å²) in [6.45, 7) is 21.8. The van der Waals surface area contributed by atoms with Crippen LogP contribution in [0.2, 0.25) is 0 Å². The first-order valence-electron chi connectivity index (χ1n) is 32.6. The summed E-state index contributed by atoms with van der Waals surface area (Å²) in [5, 5.41) is 64.7. The molecule has 1 aromatic heterocycles. The van der Waals surface area contributed by atoms with Crippen molar-refractivity contribution in [3.8, 4) is 5.75 Å². The summed E-state index contributed by atoms with van der Waals surface area (Å²) >= 11 is 0. The van der Waals surface area contributed by atoms with Crippen LogP contribution in [0.25, 0.3) is 10.9 Å². The Morgan fingerprint density at radius 1 is 0.867 bits per heavy atom. The fourth-order valence-corrected chi connectivity index (χ4v) is 13.8. The molecular weight excluding hydrogens is 1170 g/mol. The number of likely N-dealkylation sites (N-methyl/N-ethyl adjacent to an activating group) is 1. The van der Waals surface area contributed by atoms with E-state index in [0.29, 0.717) is 41.6 Å². The molecule has 7 rings (SSSR count). The molecular formula is C66H105N3O21. The van der Waals surface area contributed by atoms with Gasteiger partial charge in [-0.25, -0.2) is 4.79 Å². The van der Waals surface area contributed by atoms with Gasteiger partial charge in [0.05, 0.1) is 92.2 Å². The van der Waals surface area contributed by atoms with Crippen LogP contribution in [0.3, 0.4) is 0 Å². The highest BCUT2D eigenvalue weighted by Gasteiger charge is 2.55. The van der Waals surface area contributed by atoms with Gasteiger partial charge in [0.1, 0.15) is 41.3 Å². The van der Waals surface area contributed by atoms with Crippen molar-refractivity contribution in [1.29, 1.82) is 0 Å². The minimum Gasteiger partial charge on any atom is -0.491 e. The number of carbonyl (C=O) groups excluding carboxylic acids is 2. The summed E-state index contributed by atoms with van der Waals surface area (Å²) in [7, 11) is 5.21. The second-order valence-corrected chi connectivity index (χ2v) is 27.1. The van der Waals surface area contributed by atoms with E-state index in [0.717, 1.165) is 32.1 Å². The number of cyclic esters (lactones) is 1. The van der Waals surface area contributed by atoms with E-state index in [1.807, 2.05) is 51.3 Å². The van der Waals surface area contributed by atoms with Gasteiger partial charge in [-0.15, -0.1) is 0 Å². The van der Waals surface area contributed by atoms with Gasteiger partial charge in [-0.2, -0.15) is 0 Å². The monoisotopic (exact) mass is 1280 g/mol. The normalized spacial score (nSPS) is 36.1. The third-order valence-electron chi connectivity index (χ3n) is 19.0. The van der Waals surface area contributed by atoms with Crippen molar-refractivity contribution in [2.75, 3.05) is 54.2 Å². The number of oxime groups is 1. The lowest BCUT2D eigenvalue weighted by atomic mass is 9.73. The molecule has 3 aliphatic heterocycles. The Balaban J connectivity index is 1.05. The predicted octanol–water partition coefficient (Wildman–Crippen LogP) is 7.08. The number of nitrogens with zero attached hydrogens (tertiary/aromatic N) is 3. The van der Waals surface area contributed by atoms with Crippen molar-refractivity contribution in [3.05, 3.63) is 40.2 Å². The highest BCUT2D eigenvalue weighted by Crippen LogP contribution is 2.43. The summed E-state index contributed by atoms with van der Waals surface area (Å²) in [5.41, 5.74) is -4.97. The Bertz CT molecular complexity index is 2780. The molecule has 4 heterocycles. The number of carboxylic acid groups (broad SMARTS) is 1. The molecule has 5 N–H and O–H groups in total. The van der Waals surface area contributed by atoms with Crippen LogP contribution in [0.1, 0.15) is 177 Å². The van der Waals surface area contributed by atoms with Gasteiger partial charge >= 0.3 is 17.9 Å². The quantitative estimate of drug-likeness (QED) is 0.0304. The number of esters is 2. The summed E-state index contributed by atoms with van der Waals surface area (Å²) in [5.74, 6) is -6.84. The van der Waals surface area contributed by atoms with Crippen molar-refractivity contribution >= 4 is 34.5 Å². The van der Waals surface area contributed by atoms with Crippen LogP contribution in [0.15, 0.2) is 34.3 Å². The Morgan fingerprint density at radius 3 is 2.16 bits per heavy atom. The number of aromatic carboxylic acids is 1. The number of aliphatic hydroxyl groups excluding tert-OH is 2. The van der Waals surface area contributed by atoms with Crippen molar-refractivity contribution in [2.24, 2.45) is 28.8 Å². The van der Waals surface area contributed by atoms with Crippen LogP contribution in [0.4, 0.5) is 0 Å². The number of fused-ring (bicyclic) bond motifs is 1. The fourth-order valence-electron chi connectivity index (χ4n) is 13.8. The number of ether oxygens (including phenoxy) is 11. The molecule has 1 aromatic carbocycles. The molecule has 90 heavy (non-hydrogen) atoms. The van der Waals surface area contributed by atoms with Gasteiger partial charge in [0.25, 0.3) is 0 Å². The van der Waals surface area contributed by atoms with E-state index in [2.05, 4.69) is 0 Å². The van der Waals surface area contributed by atoms with Crippen LogP contribution in [-0.2, 0) is 61.8 Å². The zero-order valence-corrected chi connectivity index (χ0v) is 55.8. The molecule has 18 atom stereocenters. The lowest BCUT2D eigenvalue weighted by Crippen LogP contribution is -2.61. The number of methoxy groups -OCH3 is 1. The largest absolute Gasteiger partial charge is 0.491 e. The molecule has 0 radical (unpaired) electrons. The first kappa shape index (κ1) is 73.0. The molecule has 0 unspecified atom stereocenters. The first-order chi connectivity index (χ1) is 42.4. The Hall–Kier alpha value is -4.41. The second-order valence-electron chi connectivity index (χ2n) is 27.1. The van der Waals surface area contributed by atoms with Crippen molar-refractivity contribution in [1.82, 2.24) is 9.47 Å². The highest BCUT2D eigenvalue weighted by atomic mass is 16.8. The van der Waals surface area contributed by atoms with Crippen molar-refractivity contribution in [2.45, 2.75) is 262 Å². The molecule has 24 nitrogen and oxygen atoms in total. The van der Waals surface area contributed by atoms with Crippen LogP contribution >= 0.6 is 0 Å². The molecule has 24 heteroatoms. The topological polar surface area (TPSA) is 301 Å². The third kappa shape index (κ3) is 17.7. The van der Waals surface area contributed by atoms with Gasteiger partial charge < -0.3 is 91.9 Å². The van der Waals surface area contributed by atoms with Gasteiger partial charge in [-0.3, -0.25) is 14.4 Å². The Labute approximate surface area is 530 Å². The molecule has 5 fully saturated rings. The van der Waals surface area contributed by atoms with E-state index in [4.69, 9.17) is 62.1 Å². The number of carbonyl (C=O) groups is 3. The molecule has 2 saturated carbocycles. The average Bonchev–Trinajstić information content (AvgIpc) is 1.89. The van der Waals surface area contributed by atoms with E-state index >= 15 is 0 Å². The summed E-state index contributed by atoms with van der Waals surface area (Å²) < 4.78 is 70.9. The molecule has 0 bridgehead atoms. The smallest absolute Gasteiger partial charge is 0.341 e. The standard InChI is InChI=1S/C66H105N3O21/c1-16-50-65(12,78)57(73)40(6)53(67-90-66(89-37(2)3)25-18-17-19-26-66)38(4)34-63(10,77)58(88-62-55(72)49(68(13)14)32-39(5)83-62)41(7)56(42(8)61(76)85-50)87-52-35-64(11,79-15)59(43(9)84-52)86-51(70)24-27-80-28-29-81-30-31-82-45-22-23-46-48(33-45)69(44-20-21-44)36-47(54(46)71)60(74)75/h22-23,33,36-44,49-50,52,55-59,62,72-73,77-78H,16-21,24-32,34-35H2,1-15H3,(H,74,75)/t38-,39+,40+,41+,42-,43+,49-,50-,52+,55+,56+,57-,58-,59+,62-,63-,64-,65-/m1/s1. The van der Waals surface area contributed by atoms with E-state index in [9.17, 15) is 44.7 Å². The van der Waals surface area contributed by atoms with Gasteiger partial charge in [-0.05, 0) is 127 Å². The maximum Gasteiger partial charge on any atom is 0.341 e. The molecule has 510 valence electrons. The van der Waals surface area contributed by atoms with Crippen LogP contribution in [0.5, 0.6) is 5.75 Å². The summed E-state index contributed by atoms with van der Waals surface area (Å²) in [6, 6.07) is 4.69. The minimum absolute atomic E-state index is 0.00595. The highest BCUT2D eigenvalue weighted by molar-refractivity contribution is 5.93. The Kier molecular flexibility index (Phi) is 25.3. The number of aliphatic hydroxyl groups is 4. The van der Waals surface area contributed by atoms with Gasteiger partial charge in [0, 0.05) is 73.9 Å². The SMILES string of the molecule is CC[C@H]1OC(=O)[C@H](C)[C@@H](O[C@H]2C[C@@](C)(OC)[C@@H](OC(=O)CCOCCOCCOc3ccc4c(=O)c(C(=O)O)cn(C5CC5)c4c3)[C@H](C)O2)[C@H](C)[C@@H](O[C@H]2O[C@@H](C)C[C@@H](N(C)C)[C@@H]2O)[C@](C)(O)C[C@@H](C)C(=NOC2(OC(C)C)CCCCC2)[C@H](C)[C@@H](O)[C@]1(C)O. The van der Waals surface area contributed by atoms with Crippen molar-refractivity contribution in [3.63, 3.8) is 0 Å². The molecule has 2 aromatic rings. The first-order valence-corrected chi connectivity index (χ1v) is 32.6. The van der Waals surface area contributed by atoms with Gasteiger partial charge in [0.15, 0.2) is 18.7 Å². The Morgan fingerprint density at radius 2 is 1.53 bits per heavy atom. The minimum atomic E-state index is -2.03. The number of hydrogen-bond acceptors (Lipinski definition) is 22. The number of aromatic nitrogens is 1. The van der Waals surface area contributed by atoms with Gasteiger partial charge in [0.2, 0.25) is 11.2 Å². The predicted molar refractivity (Wildman–Crippen MR) is 331 cm³/mol. The van der Waals surface area contributed by atoms with Gasteiger partial charge in [-0.1, -0.05) is 39.3 Å². The van der Waals surface area contributed by atoms with Crippen LogP contribution in [0, 0.1) is 23.7 Å².